The van der Waals surface area contributed by atoms with Crippen LogP contribution in [0.3, 0.4) is 0 Å². The van der Waals surface area contributed by atoms with Crippen molar-refractivity contribution in [2.24, 2.45) is 0 Å². The van der Waals surface area contributed by atoms with Crippen molar-refractivity contribution >= 4 is 11.6 Å². The fourth-order valence-electron chi connectivity index (χ4n) is 2.49. The van der Waals surface area contributed by atoms with Gasteiger partial charge in [0.15, 0.2) is 0 Å². The number of benzene rings is 2. The maximum atomic E-state index is 12.8. The van der Waals surface area contributed by atoms with Gasteiger partial charge in [0, 0.05) is 12.2 Å². The molecule has 0 radical (unpaired) electrons. The van der Waals surface area contributed by atoms with Gasteiger partial charge in [-0.25, -0.2) is 0 Å². The Morgan fingerprint density at radius 2 is 1.68 bits per heavy atom. The number of carbonyl (C=O) groups is 1. The molecular formula is C18H22N2O2. The van der Waals surface area contributed by atoms with Crippen LogP contribution in [0.2, 0.25) is 0 Å². The lowest BCUT2D eigenvalue weighted by Crippen LogP contribution is -2.38. The summed E-state index contributed by atoms with van der Waals surface area (Å²) in [6, 6.07) is 18.6. The summed E-state index contributed by atoms with van der Waals surface area (Å²) in [5, 5.41) is 12.2. The number of likely N-dealkylation sites (N-methyl/N-ethyl adjacent to an activating group) is 1. The molecule has 1 unspecified atom stereocenters. The molecule has 0 saturated heterocycles. The Balaban J connectivity index is 2.25. The normalized spacial score (nSPS) is 12.1. The molecule has 0 aliphatic heterocycles. The first-order chi connectivity index (χ1) is 10.8. The Morgan fingerprint density at radius 3 is 2.23 bits per heavy atom. The average molecular weight is 298 g/mol. The van der Waals surface area contributed by atoms with Gasteiger partial charge >= 0.3 is 0 Å². The minimum atomic E-state index is -0.418. The van der Waals surface area contributed by atoms with Gasteiger partial charge in [-0.15, -0.1) is 0 Å². The van der Waals surface area contributed by atoms with Gasteiger partial charge in [-0.3, -0.25) is 9.69 Å². The molecule has 0 saturated carbocycles. The Bertz CT molecular complexity index is 572. The second kappa shape index (κ2) is 8.32. The fourth-order valence-corrected chi connectivity index (χ4v) is 2.49. The summed E-state index contributed by atoms with van der Waals surface area (Å²) in [7, 11) is 0. The van der Waals surface area contributed by atoms with Crippen molar-refractivity contribution < 1.29 is 9.90 Å². The molecular weight excluding hydrogens is 276 g/mol. The minimum absolute atomic E-state index is 0.0236. The molecule has 2 aromatic rings. The number of para-hydroxylation sites is 1. The van der Waals surface area contributed by atoms with E-state index in [0.29, 0.717) is 13.1 Å². The van der Waals surface area contributed by atoms with Crippen molar-refractivity contribution in [3.63, 3.8) is 0 Å². The van der Waals surface area contributed by atoms with E-state index in [2.05, 4.69) is 5.32 Å². The first-order valence-corrected chi connectivity index (χ1v) is 7.52. The Kier molecular flexibility index (Phi) is 6.13. The van der Waals surface area contributed by atoms with Crippen molar-refractivity contribution in [2.75, 3.05) is 25.0 Å². The highest BCUT2D eigenvalue weighted by Gasteiger charge is 2.26. The van der Waals surface area contributed by atoms with Gasteiger partial charge in [-0.2, -0.15) is 0 Å². The molecule has 116 valence electrons. The SMILES string of the molecule is CCN(CCO)C(C(=O)Nc1ccccc1)c1ccccc1. The summed E-state index contributed by atoms with van der Waals surface area (Å²) in [5.74, 6) is -0.0901. The van der Waals surface area contributed by atoms with Crippen LogP contribution >= 0.6 is 0 Å². The van der Waals surface area contributed by atoms with Crippen LogP contribution in [0.15, 0.2) is 60.7 Å². The summed E-state index contributed by atoms with van der Waals surface area (Å²) < 4.78 is 0. The summed E-state index contributed by atoms with van der Waals surface area (Å²) in [5.41, 5.74) is 1.69. The van der Waals surface area contributed by atoms with E-state index >= 15 is 0 Å². The van der Waals surface area contributed by atoms with E-state index in [4.69, 9.17) is 0 Å². The molecule has 1 amide bonds. The van der Waals surface area contributed by atoms with Crippen molar-refractivity contribution in [2.45, 2.75) is 13.0 Å². The number of hydrogen-bond acceptors (Lipinski definition) is 3. The number of hydrogen-bond donors (Lipinski definition) is 2. The highest BCUT2D eigenvalue weighted by molar-refractivity contribution is 5.95. The van der Waals surface area contributed by atoms with Crippen LogP contribution in [0, 0.1) is 0 Å². The van der Waals surface area contributed by atoms with E-state index in [9.17, 15) is 9.90 Å². The number of aliphatic hydroxyl groups is 1. The van der Waals surface area contributed by atoms with E-state index in [-0.39, 0.29) is 12.5 Å². The van der Waals surface area contributed by atoms with Gasteiger partial charge in [-0.05, 0) is 24.2 Å². The van der Waals surface area contributed by atoms with E-state index < -0.39 is 6.04 Å². The third kappa shape index (κ3) is 4.16. The van der Waals surface area contributed by atoms with E-state index in [1.165, 1.54) is 0 Å². The molecule has 0 spiro atoms. The summed E-state index contributed by atoms with van der Waals surface area (Å²) in [6.07, 6.45) is 0. The molecule has 0 heterocycles. The van der Waals surface area contributed by atoms with Crippen LogP contribution in [0.5, 0.6) is 0 Å². The molecule has 22 heavy (non-hydrogen) atoms. The van der Waals surface area contributed by atoms with Gasteiger partial charge in [0.25, 0.3) is 0 Å². The van der Waals surface area contributed by atoms with E-state index in [0.717, 1.165) is 11.3 Å². The number of amides is 1. The summed E-state index contributed by atoms with van der Waals surface area (Å²) in [4.78, 5) is 14.7. The van der Waals surface area contributed by atoms with Gasteiger partial charge in [0.2, 0.25) is 5.91 Å². The van der Waals surface area contributed by atoms with Crippen molar-refractivity contribution in [3.8, 4) is 0 Å². The molecule has 2 aromatic carbocycles. The summed E-state index contributed by atoms with van der Waals surface area (Å²) >= 11 is 0. The maximum Gasteiger partial charge on any atom is 0.246 e. The fraction of sp³-hybridized carbons (Fsp3) is 0.278. The first-order valence-electron chi connectivity index (χ1n) is 7.52. The van der Waals surface area contributed by atoms with Crippen molar-refractivity contribution in [1.29, 1.82) is 0 Å². The number of aliphatic hydroxyl groups excluding tert-OH is 1. The quantitative estimate of drug-likeness (QED) is 0.826. The lowest BCUT2D eigenvalue weighted by atomic mass is 10.0. The van der Waals surface area contributed by atoms with Gasteiger partial charge < -0.3 is 10.4 Å². The van der Waals surface area contributed by atoms with Crippen LogP contribution in [0.4, 0.5) is 5.69 Å². The second-order valence-corrected chi connectivity index (χ2v) is 5.02. The molecule has 4 heteroatoms. The Morgan fingerprint density at radius 1 is 1.09 bits per heavy atom. The number of anilines is 1. The predicted octanol–water partition coefficient (Wildman–Crippen LogP) is 2.68. The number of carbonyl (C=O) groups excluding carboxylic acids is 1. The molecule has 0 fully saturated rings. The molecule has 4 nitrogen and oxygen atoms in total. The van der Waals surface area contributed by atoms with Gasteiger partial charge in [0.05, 0.1) is 6.61 Å². The first kappa shape index (κ1) is 16.2. The van der Waals surface area contributed by atoms with Crippen LogP contribution in [-0.4, -0.2) is 35.6 Å². The monoisotopic (exact) mass is 298 g/mol. The molecule has 0 aliphatic rings. The van der Waals surface area contributed by atoms with Crippen LogP contribution in [-0.2, 0) is 4.79 Å². The number of nitrogens with one attached hydrogen (secondary N) is 1. The smallest absolute Gasteiger partial charge is 0.246 e. The number of nitrogens with zero attached hydrogens (tertiary/aromatic N) is 1. The largest absolute Gasteiger partial charge is 0.395 e. The highest BCUT2D eigenvalue weighted by Crippen LogP contribution is 2.22. The van der Waals surface area contributed by atoms with Crippen molar-refractivity contribution in [3.05, 3.63) is 66.2 Å². The minimum Gasteiger partial charge on any atom is -0.395 e. The van der Waals surface area contributed by atoms with Crippen LogP contribution < -0.4 is 5.32 Å². The second-order valence-electron chi connectivity index (χ2n) is 5.02. The molecule has 2 N–H and O–H groups in total. The lowest BCUT2D eigenvalue weighted by Gasteiger charge is -2.29. The maximum absolute atomic E-state index is 12.8. The zero-order chi connectivity index (χ0) is 15.8. The Labute approximate surface area is 131 Å². The molecule has 2 rings (SSSR count). The molecule has 0 bridgehead atoms. The van der Waals surface area contributed by atoms with Crippen molar-refractivity contribution in [1.82, 2.24) is 4.90 Å². The third-order valence-electron chi connectivity index (χ3n) is 3.56. The molecule has 0 aromatic heterocycles. The van der Waals surface area contributed by atoms with E-state index in [1.807, 2.05) is 72.5 Å². The summed E-state index contributed by atoms with van der Waals surface area (Å²) in [6.45, 7) is 3.15. The zero-order valence-electron chi connectivity index (χ0n) is 12.8. The topological polar surface area (TPSA) is 52.6 Å². The number of rotatable bonds is 7. The molecule has 0 aliphatic carbocycles. The predicted molar refractivity (Wildman–Crippen MR) is 88.6 cm³/mol. The van der Waals surface area contributed by atoms with Gasteiger partial charge in [0.1, 0.15) is 6.04 Å². The van der Waals surface area contributed by atoms with Crippen LogP contribution in [0.1, 0.15) is 18.5 Å². The van der Waals surface area contributed by atoms with Crippen LogP contribution in [0.25, 0.3) is 0 Å². The average Bonchev–Trinajstić information content (AvgIpc) is 2.56. The third-order valence-corrected chi connectivity index (χ3v) is 3.56. The molecule has 1 atom stereocenters. The highest BCUT2D eigenvalue weighted by atomic mass is 16.3. The lowest BCUT2D eigenvalue weighted by molar-refractivity contribution is -0.121. The zero-order valence-corrected chi connectivity index (χ0v) is 12.8. The van der Waals surface area contributed by atoms with Gasteiger partial charge in [-0.1, -0.05) is 55.5 Å². The standard InChI is InChI=1S/C18H22N2O2/c1-2-20(13-14-21)17(15-9-5-3-6-10-15)18(22)19-16-11-7-4-8-12-16/h3-12,17,21H,2,13-14H2,1H3,(H,19,22). The van der Waals surface area contributed by atoms with E-state index in [1.54, 1.807) is 0 Å². The Hall–Kier alpha value is -2.17.